The van der Waals surface area contributed by atoms with E-state index in [1.54, 1.807) is 30.4 Å². The van der Waals surface area contributed by atoms with E-state index in [0.29, 0.717) is 32.9 Å². The number of halogens is 3. The van der Waals surface area contributed by atoms with Gasteiger partial charge in [-0.2, -0.15) is 21.6 Å². The Kier molecular flexibility index (Phi) is 8.97. The molecular formula is C13H22F3N3O7S2+2. The van der Waals surface area contributed by atoms with E-state index in [4.69, 9.17) is 9.47 Å². The highest BCUT2D eigenvalue weighted by molar-refractivity contribution is 7.97. The van der Waals surface area contributed by atoms with Crippen LogP contribution in [-0.2, 0) is 42.6 Å². The molecule has 0 bridgehead atoms. The van der Waals surface area contributed by atoms with Gasteiger partial charge in [0.2, 0.25) is 6.33 Å². The van der Waals surface area contributed by atoms with Crippen molar-refractivity contribution in [1.82, 2.24) is 4.57 Å². The largest absolute Gasteiger partial charge is 0.566 e. The minimum Gasteiger partial charge on any atom is -0.382 e. The fourth-order valence-corrected chi connectivity index (χ4v) is 4.57. The van der Waals surface area contributed by atoms with Crippen LogP contribution in [0.5, 0.6) is 0 Å². The average Bonchev–Trinajstić information content (AvgIpc) is 3.04. The minimum absolute atomic E-state index is 0.188. The van der Waals surface area contributed by atoms with Crippen LogP contribution in [0.3, 0.4) is 0 Å². The van der Waals surface area contributed by atoms with Gasteiger partial charge in [0, 0.05) is 7.11 Å². The Morgan fingerprint density at radius 2 is 1.79 bits per heavy atom. The molecule has 1 heterocycles. The molecule has 0 unspecified atom stereocenters. The van der Waals surface area contributed by atoms with Crippen LogP contribution in [0, 0.1) is 4.91 Å². The van der Waals surface area contributed by atoms with Crippen LogP contribution >= 0.6 is 0 Å². The number of nitrogens with zero attached hydrogens (tertiary/aromatic N) is 3. The molecule has 0 radical (unpaired) electrons. The highest BCUT2D eigenvalue weighted by atomic mass is 32.3. The lowest BCUT2D eigenvalue weighted by molar-refractivity contribution is -0.696. The van der Waals surface area contributed by atoms with Crippen molar-refractivity contribution in [2.75, 3.05) is 32.7 Å². The molecule has 0 saturated carbocycles. The van der Waals surface area contributed by atoms with E-state index in [-0.39, 0.29) is 12.8 Å². The second-order valence-corrected chi connectivity index (χ2v) is 9.51. The van der Waals surface area contributed by atoms with Crippen LogP contribution in [0.15, 0.2) is 18.7 Å². The molecule has 15 heteroatoms. The lowest BCUT2D eigenvalue weighted by Gasteiger charge is -2.01. The Labute approximate surface area is 160 Å². The Hall–Kier alpha value is -1.58. The summed E-state index contributed by atoms with van der Waals surface area (Å²) in [4.78, 5) is 11.2. The van der Waals surface area contributed by atoms with Crippen molar-refractivity contribution in [3.05, 3.63) is 23.6 Å². The number of rotatable bonds is 13. The molecule has 162 valence electrons. The summed E-state index contributed by atoms with van der Waals surface area (Å²) in [6.07, 6.45) is 5.20. The number of ether oxygens (including phenoxy) is 2. The summed E-state index contributed by atoms with van der Waals surface area (Å²) in [6, 6.07) is 0. The third-order valence-corrected chi connectivity index (χ3v) is 6.96. The molecular weight excluding hydrogens is 431 g/mol. The van der Waals surface area contributed by atoms with E-state index < -0.39 is 34.9 Å². The number of aryl methyl sites for hydroxylation is 1. The van der Waals surface area contributed by atoms with Gasteiger partial charge >= 0.3 is 25.6 Å². The predicted molar refractivity (Wildman–Crippen MR) is 88.9 cm³/mol. The van der Waals surface area contributed by atoms with Gasteiger partial charge in [0.25, 0.3) is 3.57 Å². The average molecular weight is 453 g/mol. The fraction of sp³-hybridized carbons (Fsp3) is 0.769. The van der Waals surface area contributed by atoms with Crippen LogP contribution in [0.2, 0.25) is 0 Å². The van der Waals surface area contributed by atoms with Crippen LogP contribution < -0.4 is 4.57 Å². The molecule has 10 nitrogen and oxygen atoms in total. The van der Waals surface area contributed by atoms with Gasteiger partial charge in [-0.3, -0.25) is 0 Å². The van der Waals surface area contributed by atoms with E-state index in [1.807, 2.05) is 4.57 Å². The quantitative estimate of drug-likeness (QED) is 0.309. The summed E-state index contributed by atoms with van der Waals surface area (Å²) in [7, 11) is -10.1. The first-order valence-electron chi connectivity index (χ1n) is 8.05. The minimum atomic E-state index is -6.47. The third kappa shape index (κ3) is 7.10. The summed E-state index contributed by atoms with van der Waals surface area (Å²) in [6.45, 7) is 2.32. The molecule has 0 atom stereocenters. The zero-order valence-corrected chi connectivity index (χ0v) is 16.7. The van der Waals surface area contributed by atoms with Gasteiger partial charge < -0.3 is 9.47 Å². The normalized spacial score (nSPS) is 13.0. The monoisotopic (exact) mass is 453 g/mol. The Balaban J connectivity index is 2.43. The van der Waals surface area contributed by atoms with Gasteiger partial charge in [0.15, 0.2) is 0 Å². The second kappa shape index (κ2) is 10.3. The van der Waals surface area contributed by atoms with Crippen molar-refractivity contribution < 1.29 is 47.6 Å². The highest BCUT2D eigenvalue weighted by Crippen LogP contribution is 2.25. The first kappa shape index (κ1) is 24.5. The predicted octanol–water partition coefficient (Wildman–Crippen LogP) is 0.177. The maximum Gasteiger partial charge on any atom is 0.566 e. The van der Waals surface area contributed by atoms with Crippen molar-refractivity contribution in [1.29, 1.82) is 0 Å². The number of hydrogen-bond acceptors (Lipinski definition) is 7. The number of methoxy groups -OCH3 is 1. The zero-order chi connectivity index (χ0) is 21.4. The van der Waals surface area contributed by atoms with Crippen LogP contribution in [0.25, 0.3) is 0 Å². The van der Waals surface area contributed by atoms with Crippen molar-refractivity contribution in [2.24, 2.45) is 0 Å². The van der Waals surface area contributed by atoms with E-state index >= 15 is 0 Å². The smallest absolute Gasteiger partial charge is 0.382 e. The second-order valence-electron chi connectivity index (χ2n) is 5.63. The lowest BCUT2D eigenvalue weighted by Crippen LogP contribution is -2.37. The molecule has 0 spiro atoms. The SMILES string of the molecule is COCCOCCn1cc[n+](CCCCS(=O)(=O)[N+](=O)S(=O)(=O)C(F)(F)F)c1. The first-order chi connectivity index (χ1) is 12.9. The maximum absolute atomic E-state index is 12.3. The first-order valence-corrected chi connectivity index (χ1v) is 11.1. The van der Waals surface area contributed by atoms with Gasteiger partial charge in [0.05, 0.1) is 31.3 Å². The van der Waals surface area contributed by atoms with E-state index in [2.05, 4.69) is 0 Å². The molecule has 0 aliphatic heterocycles. The van der Waals surface area contributed by atoms with E-state index in [1.165, 1.54) is 0 Å². The fourth-order valence-electron chi connectivity index (χ4n) is 2.00. The number of hydrogen-bond donors (Lipinski definition) is 0. The number of nitroso groups, excluding NO2 is 1. The molecule has 1 rings (SSSR count). The Bertz CT molecular complexity index is 851. The molecule has 0 amide bonds. The summed E-state index contributed by atoms with van der Waals surface area (Å²) >= 11 is 0. The van der Waals surface area contributed by atoms with Crippen molar-refractivity contribution >= 4 is 20.0 Å². The lowest BCUT2D eigenvalue weighted by atomic mass is 10.3. The van der Waals surface area contributed by atoms with Gasteiger partial charge in [-0.05, 0) is 12.8 Å². The van der Waals surface area contributed by atoms with Crippen molar-refractivity contribution in [2.45, 2.75) is 31.4 Å². The van der Waals surface area contributed by atoms with E-state index in [9.17, 15) is 34.9 Å². The summed E-state index contributed by atoms with van der Waals surface area (Å²) < 4.78 is 93.4. The number of alkyl halides is 3. The Morgan fingerprint density at radius 3 is 2.39 bits per heavy atom. The zero-order valence-electron chi connectivity index (χ0n) is 15.0. The van der Waals surface area contributed by atoms with Crippen LogP contribution in [-0.4, -0.2) is 63.2 Å². The molecule has 1 aromatic heterocycles. The topological polar surface area (TPSA) is 116 Å². The molecule has 0 aromatic carbocycles. The van der Waals surface area contributed by atoms with Gasteiger partial charge in [-0.1, -0.05) is 0 Å². The summed E-state index contributed by atoms with van der Waals surface area (Å²) in [5.74, 6) is -1.01. The van der Waals surface area contributed by atoms with Gasteiger partial charge in [0.1, 0.15) is 24.7 Å². The van der Waals surface area contributed by atoms with Crippen molar-refractivity contribution in [3.8, 4) is 0 Å². The molecule has 0 saturated heterocycles. The number of unbranched alkanes of at least 4 members (excludes halogenated alkanes) is 1. The number of imidazole rings is 1. The molecule has 0 fully saturated rings. The van der Waals surface area contributed by atoms with E-state index in [0.717, 1.165) is 0 Å². The number of sulfonamides is 2. The molecule has 1 aromatic rings. The highest BCUT2D eigenvalue weighted by Gasteiger charge is 2.63. The Morgan fingerprint density at radius 1 is 1.11 bits per heavy atom. The van der Waals surface area contributed by atoms with Crippen LogP contribution in [0.1, 0.15) is 12.8 Å². The van der Waals surface area contributed by atoms with Crippen molar-refractivity contribution in [3.63, 3.8) is 0 Å². The third-order valence-electron chi connectivity index (χ3n) is 3.46. The van der Waals surface area contributed by atoms with Gasteiger partial charge in [-0.15, -0.1) is 8.42 Å². The molecule has 0 N–H and O–H groups in total. The van der Waals surface area contributed by atoms with Crippen LogP contribution in [0.4, 0.5) is 13.2 Å². The van der Waals surface area contributed by atoms with Gasteiger partial charge in [-0.25, -0.2) is 9.13 Å². The summed E-state index contributed by atoms with van der Waals surface area (Å²) in [5, 5.41) is 0. The standard InChI is InChI=1S/C13H22F3N3O7S2/c1-25-9-10-26-8-7-18-6-5-17(12-18)4-2-3-11-27(21,22)19(20)28(23,24)13(14,15)16/h5-6,12H,2-4,7-11H2,1H3/q+2. The molecule has 28 heavy (non-hydrogen) atoms. The number of aromatic nitrogens is 2. The maximum atomic E-state index is 12.3. The molecule has 0 aliphatic carbocycles. The summed E-state index contributed by atoms with van der Waals surface area (Å²) in [5.41, 5.74) is -5.98. The molecule has 0 aliphatic rings.